The van der Waals surface area contributed by atoms with E-state index in [4.69, 9.17) is 19.4 Å². The monoisotopic (exact) mass is 558 g/mol. The summed E-state index contributed by atoms with van der Waals surface area (Å²) >= 11 is 0. The minimum Gasteiger partial charge on any atom is -0.496 e. The Morgan fingerprint density at radius 3 is 2.68 bits per heavy atom. The molecule has 3 heterocycles. The lowest BCUT2D eigenvalue weighted by atomic mass is 9.81. The third-order valence-corrected chi connectivity index (χ3v) is 9.36. The van der Waals surface area contributed by atoms with Crippen molar-refractivity contribution in [2.45, 2.75) is 70.6 Å². The highest BCUT2D eigenvalue weighted by atomic mass is 16.5. The van der Waals surface area contributed by atoms with Gasteiger partial charge in [-0.05, 0) is 110 Å². The number of aryl methyl sites for hydroxylation is 1. The van der Waals surface area contributed by atoms with Gasteiger partial charge >= 0.3 is 5.97 Å². The van der Waals surface area contributed by atoms with Gasteiger partial charge in [0, 0.05) is 16.8 Å². The lowest BCUT2D eigenvalue weighted by molar-refractivity contribution is -0.142. The van der Waals surface area contributed by atoms with Crippen LogP contribution in [0, 0.1) is 17.8 Å². The summed E-state index contributed by atoms with van der Waals surface area (Å²) in [5, 5.41) is 14.3. The molecule has 9 nitrogen and oxygen atoms in total. The Bertz CT molecular complexity index is 1470. The molecule has 3 atom stereocenters. The van der Waals surface area contributed by atoms with Gasteiger partial charge in [-0.1, -0.05) is 24.2 Å². The number of nitrogens with zero attached hydrogens (tertiary/aromatic N) is 4. The molecule has 0 radical (unpaired) electrons. The zero-order valence-electron chi connectivity index (χ0n) is 23.8. The van der Waals surface area contributed by atoms with E-state index in [9.17, 15) is 9.90 Å². The van der Waals surface area contributed by atoms with Crippen LogP contribution in [0.2, 0.25) is 0 Å². The Hall–Kier alpha value is -3.68. The zero-order chi connectivity index (χ0) is 28.5. The maximum absolute atomic E-state index is 11.8. The summed E-state index contributed by atoms with van der Waals surface area (Å²) in [7, 11) is 1.68. The molecule has 2 fully saturated rings. The van der Waals surface area contributed by atoms with Crippen LogP contribution in [0.4, 0.5) is 0 Å². The van der Waals surface area contributed by atoms with Gasteiger partial charge in [-0.15, -0.1) is 0 Å². The Morgan fingerprint density at radius 1 is 1.17 bits per heavy atom. The first-order chi connectivity index (χ1) is 19.9. The van der Waals surface area contributed by atoms with Gasteiger partial charge in [0.2, 0.25) is 0 Å². The summed E-state index contributed by atoms with van der Waals surface area (Å²) in [6.07, 6.45) is 6.53. The average molecular weight is 559 g/mol. The van der Waals surface area contributed by atoms with Crippen molar-refractivity contribution in [1.82, 2.24) is 4.90 Å². The Kier molecular flexibility index (Phi) is 7.82. The summed E-state index contributed by atoms with van der Waals surface area (Å²) in [5.74, 6) is 2.28. The molecule has 1 aromatic heterocycles. The molecule has 0 bridgehead atoms. The van der Waals surface area contributed by atoms with Crippen LogP contribution in [-0.2, 0) is 24.3 Å². The van der Waals surface area contributed by atoms with E-state index in [1.165, 1.54) is 5.56 Å². The fraction of sp³-hybridized carbons (Fsp3) is 0.531. The van der Waals surface area contributed by atoms with Crippen LogP contribution in [0.5, 0.6) is 11.5 Å². The molecule has 3 aromatic rings. The number of ether oxygens (including phenoxy) is 2. The summed E-state index contributed by atoms with van der Waals surface area (Å²) in [6, 6.07) is 12.3. The van der Waals surface area contributed by atoms with Gasteiger partial charge in [-0.2, -0.15) is 0 Å². The van der Waals surface area contributed by atoms with Crippen molar-refractivity contribution in [1.29, 1.82) is 0 Å². The van der Waals surface area contributed by atoms with Crippen molar-refractivity contribution < 1.29 is 23.8 Å². The van der Waals surface area contributed by atoms with Crippen LogP contribution in [0.1, 0.15) is 67.4 Å². The maximum Gasteiger partial charge on any atom is 0.306 e. The van der Waals surface area contributed by atoms with E-state index < -0.39 is 11.9 Å². The summed E-state index contributed by atoms with van der Waals surface area (Å²) in [6.45, 7) is 4.67. The van der Waals surface area contributed by atoms with Crippen molar-refractivity contribution in [3.63, 3.8) is 0 Å². The van der Waals surface area contributed by atoms with Gasteiger partial charge in [0.1, 0.15) is 28.9 Å². The molecule has 6 rings (SSSR count). The number of carboxylic acids is 1. The Labute approximate surface area is 240 Å². The second-order valence-electron chi connectivity index (χ2n) is 11.9. The van der Waals surface area contributed by atoms with E-state index in [1.807, 2.05) is 25.1 Å². The third-order valence-electron chi connectivity index (χ3n) is 9.36. The van der Waals surface area contributed by atoms with Gasteiger partial charge in [-0.25, -0.2) is 0 Å². The maximum atomic E-state index is 11.8. The standard InChI is InChI=1S/C32H38N4O5/c1-19(32(37)38)30(22-4-5-22)23-6-3-20-7-9-27(41-29(20)16-23)21-11-13-36(14-12-21)18-26-28(39-2)10-8-24-15-25(17-34-35-33)40-31(24)26/h3,6,8,10,15-16,19,21-22,27,30H,4-5,7,9,11-14,17-18H2,1-2H3,(H,37,38)/t19?,27-,30?/m1/s1. The normalized spacial score (nSPS) is 21.0. The number of fused-ring (bicyclic) bond motifs is 2. The van der Waals surface area contributed by atoms with Crippen molar-refractivity contribution in [3.05, 3.63) is 69.3 Å². The number of aliphatic carboxylic acids is 1. The Balaban J connectivity index is 1.12. The number of furan rings is 1. The molecule has 1 N–H and O–H groups in total. The van der Waals surface area contributed by atoms with Crippen LogP contribution in [0.25, 0.3) is 21.4 Å². The molecule has 2 aromatic carbocycles. The minimum absolute atomic E-state index is 0.0516. The number of rotatable bonds is 10. The smallest absolute Gasteiger partial charge is 0.306 e. The summed E-state index contributed by atoms with van der Waals surface area (Å²) in [5.41, 5.74) is 12.8. The highest BCUT2D eigenvalue weighted by Gasteiger charge is 2.39. The molecule has 216 valence electrons. The number of carboxylic acid groups (broad SMARTS) is 1. The van der Waals surface area contributed by atoms with E-state index in [2.05, 4.69) is 33.1 Å². The summed E-state index contributed by atoms with van der Waals surface area (Å²) < 4.78 is 18.4. The number of hydrogen-bond donors (Lipinski definition) is 1. The Morgan fingerprint density at radius 2 is 1.98 bits per heavy atom. The van der Waals surface area contributed by atoms with E-state index in [1.54, 1.807) is 7.11 Å². The molecule has 41 heavy (non-hydrogen) atoms. The molecule has 0 spiro atoms. The largest absolute Gasteiger partial charge is 0.496 e. The number of azide groups is 1. The molecule has 3 aliphatic rings. The van der Waals surface area contributed by atoms with Crippen LogP contribution < -0.4 is 9.47 Å². The first kappa shape index (κ1) is 27.5. The van der Waals surface area contributed by atoms with Gasteiger partial charge in [0.25, 0.3) is 0 Å². The van der Waals surface area contributed by atoms with Gasteiger partial charge in [0.15, 0.2) is 0 Å². The van der Waals surface area contributed by atoms with Crippen LogP contribution in [0.3, 0.4) is 0 Å². The van der Waals surface area contributed by atoms with E-state index >= 15 is 0 Å². The van der Waals surface area contributed by atoms with Crippen molar-refractivity contribution in [2.75, 3.05) is 20.2 Å². The average Bonchev–Trinajstić information content (AvgIpc) is 3.73. The quantitative estimate of drug-likeness (QED) is 0.161. The summed E-state index contributed by atoms with van der Waals surface area (Å²) in [4.78, 5) is 17.1. The second-order valence-corrected chi connectivity index (χ2v) is 11.9. The molecule has 1 saturated heterocycles. The van der Waals surface area contributed by atoms with Crippen molar-refractivity contribution >= 4 is 16.9 Å². The van der Waals surface area contributed by atoms with E-state index in [0.29, 0.717) is 17.6 Å². The molecule has 2 unspecified atom stereocenters. The highest BCUT2D eigenvalue weighted by Crippen LogP contribution is 2.48. The first-order valence-electron chi connectivity index (χ1n) is 14.8. The van der Waals surface area contributed by atoms with Gasteiger partial charge < -0.3 is 19.0 Å². The second kappa shape index (κ2) is 11.7. The molecule has 1 aliphatic carbocycles. The number of carbonyl (C=O) groups is 1. The first-order valence-corrected chi connectivity index (χ1v) is 14.8. The molecule has 0 amide bonds. The van der Waals surface area contributed by atoms with Crippen molar-refractivity contribution in [3.8, 4) is 11.5 Å². The van der Waals surface area contributed by atoms with E-state index in [0.717, 1.165) is 91.8 Å². The fourth-order valence-corrected chi connectivity index (χ4v) is 6.95. The number of likely N-dealkylation sites (tertiary alicyclic amines) is 1. The predicted octanol–water partition coefficient (Wildman–Crippen LogP) is 7.07. The molecule has 2 aliphatic heterocycles. The topological polar surface area (TPSA) is 121 Å². The lowest BCUT2D eigenvalue weighted by Crippen LogP contribution is -2.40. The number of hydrogen-bond acceptors (Lipinski definition) is 6. The predicted molar refractivity (Wildman–Crippen MR) is 155 cm³/mol. The number of benzene rings is 2. The minimum atomic E-state index is -0.723. The van der Waals surface area contributed by atoms with Crippen LogP contribution in [0.15, 0.2) is 45.9 Å². The van der Waals surface area contributed by atoms with Crippen LogP contribution >= 0.6 is 0 Å². The number of piperidine rings is 1. The van der Waals surface area contributed by atoms with E-state index in [-0.39, 0.29) is 18.6 Å². The SMILES string of the molecule is COc1ccc2cc(CN=[N+]=[N-])oc2c1CN1CCC([C@H]2CCc3ccc(C(C4CC4)C(C)C(=O)O)cc3O2)CC1. The molecular weight excluding hydrogens is 520 g/mol. The fourth-order valence-electron chi connectivity index (χ4n) is 6.95. The molecule has 1 saturated carbocycles. The third kappa shape index (κ3) is 5.74. The lowest BCUT2D eigenvalue weighted by Gasteiger charge is -2.38. The van der Waals surface area contributed by atoms with Gasteiger partial charge in [0.05, 0.1) is 25.1 Å². The van der Waals surface area contributed by atoms with Crippen molar-refractivity contribution in [2.24, 2.45) is 22.9 Å². The highest BCUT2D eigenvalue weighted by molar-refractivity contribution is 5.83. The number of methoxy groups -OCH3 is 1. The molecule has 9 heteroatoms. The van der Waals surface area contributed by atoms with Gasteiger partial charge in [-0.3, -0.25) is 9.69 Å². The van der Waals surface area contributed by atoms with Crippen LogP contribution in [-0.4, -0.2) is 42.3 Å². The molecular formula is C32H38N4O5. The zero-order valence-corrected chi connectivity index (χ0v) is 23.8.